The first kappa shape index (κ1) is 11.8. The van der Waals surface area contributed by atoms with Gasteiger partial charge in [0.15, 0.2) is 0 Å². The van der Waals surface area contributed by atoms with Gasteiger partial charge in [-0.1, -0.05) is 15.9 Å². The highest BCUT2D eigenvalue weighted by Gasteiger charge is 2.09. The molecule has 1 heterocycles. The summed E-state index contributed by atoms with van der Waals surface area (Å²) in [5.41, 5.74) is 9.54. The van der Waals surface area contributed by atoms with Crippen LogP contribution < -0.4 is 5.73 Å². The van der Waals surface area contributed by atoms with Crippen LogP contribution in [-0.2, 0) is 0 Å². The fourth-order valence-corrected chi connectivity index (χ4v) is 2.37. The average Bonchev–Trinajstić information content (AvgIpc) is 2.81. The molecule has 0 aliphatic heterocycles. The second-order valence-corrected chi connectivity index (χ2v) is 5.05. The fourth-order valence-electron chi connectivity index (χ4n) is 2.02. The summed E-state index contributed by atoms with van der Waals surface area (Å²) in [7, 11) is 0. The molecule has 0 aliphatic carbocycles. The molecular weight excluding hydrogens is 304 g/mol. The lowest BCUT2D eigenvalue weighted by Crippen LogP contribution is -1.96. The van der Waals surface area contributed by atoms with Crippen LogP contribution in [0, 0.1) is 11.3 Å². The molecule has 1 aromatic heterocycles. The van der Waals surface area contributed by atoms with Crippen molar-refractivity contribution in [3.05, 3.63) is 52.8 Å². The maximum Gasteiger partial charge on any atom is 0.101 e. The highest BCUT2D eigenvalue weighted by molar-refractivity contribution is 9.10. The van der Waals surface area contributed by atoms with Crippen LogP contribution in [0.4, 0.5) is 5.69 Å². The first-order valence-electron chi connectivity index (χ1n) is 5.61. The van der Waals surface area contributed by atoms with Crippen LogP contribution in [0.3, 0.4) is 0 Å². The second kappa shape index (κ2) is 4.41. The third kappa shape index (κ3) is 1.96. The number of aromatic nitrogens is 2. The van der Waals surface area contributed by atoms with E-state index in [2.05, 4.69) is 27.0 Å². The summed E-state index contributed by atoms with van der Waals surface area (Å²) in [5.74, 6) is 0. The maximum absolute atomic E-state index is 9.21. The summed E-state index contributed by atoms with van der Waals surface area (Å²) in [6, 6.07) is 13.3. The molecule has 0 amide bonds. The maximum atomic E-state index is 9.21. The number of nitrogens with zero attached hydrogens (tertiary/aromatic N) is 3. The molecule has 0 spiro atoms. The SMILES string of the molecule is N#Cc1ccc(Br)cc1-n1cnc2cc(N)ccc21. The fraction of sp³-hybridized carbons (Fsp3) is 0. The molecule has 3 aromatic rings. The van der Waals surface area contributed by atoms with Gasteiger partial charge in [0.2, 0.25) is 0 Å². The molecule has 0 aliphatic rings. The smallest absolute Gasteiger partial charge is 0.101 e. The van der Waals surface area contributed by atoms with Gasteiger partial charge >= 0.3 is 0 Å². The van der Waals surface area contributed by atoms with Gasteiger partial charge in [-0.05, 0) is 36.4 Å². The number of halogens is 1. The molecule has 5 heteroatoms. The molecule has 3 rings (SSSR count). The Labute approximate surface area is 118 Å². The zero-order valence-electron chi connectivity index (χ0n) is 9.84. The van der Waals surface area contributed by atoms with Crippen LogP contribution in [-0.4, -0.2) is 9.55 Å². The van der Waals surface area contributed by atoms with Crippen LogP contribution in [0.2, 0.25) is 0 Å². The Hall–Kier alpha value is -2.32. The first-order valence-corrected chi connectivity index (χ1v) is 6.41. The van der Waals surface area contributed by atoms with Gasteiger partial charge in [0, 0.05) is 10.2 Å². The zero-order chi connectivity index (χ0) is 13.4. The van der Waals surface area contributed by atoms with Crippen LogP contribution in [0.5, 0.6) is 0 Å². The van der Waals surface area contributed by atoms with Crippen molar-refractivity contribution >= 4 is 32.7 Å². The van der Waals surface area contributed by atoms with Crippen LogP contribution in [0.1, 0.15) is 5.56 Å². The van der Waals surface area contributed by atoms with Gasteiger partial charge in [-0.15, -0.1) is 0 Å². The minimum absolute atomic E-state index is 0.597. The molecule has 2 aromatic carbocycles. The molecule has 0 unspecified atom stereocenters. The van der Waals surface area contributed by atoms with Crippen LogP contribution in [0.15, 0.2) is 47.2 Å². The van der Waals surface area contributed by atoms with Crippen molar-refractivity contribution in [2.24, 2.45) is 0 Å². The number of nitriles is 1. The summed E-state index contributed by atoms with van der Waals surface area (Å²) in [6.07, 6.45) is 1.70. The molecule has 0 bridgehead atoms. The molecule has 2 N–H and O–H groups in total. The summed E-state index contributed by atoms with van der Waals surface area (Å²) in [4.78, 5) is 4.32. The van der Waals surface area contributed by atoms with Gasteiger partial charge in [0.25, 0.3) is 0 Å². The van der Waals surface area contributed by atoms with Crippen molar-refractivity contribution in [1.29, 1.82) is 5.26 Å². The molecule has 0 fully saturated rings. The van der Waals surface area contributed by atoms with E-state index in [9.17, 15) is 5.26 Å². The summed E-state index contributed by atoms with van der Waals surface area (Å²) in [6.45, 7) is 0. The largest absolute Gasteiger partial charge is 0.399 e. The van der Waals surface area contributed by atoms with E-state index in [-0.39, 0.29) is 0 Å². The van der Waals surface area contributed by atoms with Crippen molar-refractivity contribution in [3.8, 4) is 11.8 Å². The van der Waals surface area contributed by atoms with Gasteiger partial charge in [0.1, 0.15) is 12.4 Å². The lowest BCUT2D eigenvalue weighted by Gasteiger charge is -2.07. The number of benzene rings is 2. The molecule has 19 heavy (non-hydrogen) atoms. The van der Waals surface area contributed by atoms with Gasteiger partial charge in [-0.3, -0.25) is 4.57 Å². The molecule has 92 valence electrons. The molecule has 0 saturated heterocycles. The summed E-state index contributed by atoms with van der Waals surface area (Å²) in [5, 5.41) is 9.21. The Kier molecular flexibility index (Phi) is 2.73. The van der Waals surface area contributed by atoms with E-state index in [0.29, 0.717) is 11.3 Å². The van der Waals surface area contributed by atoms with E-state index in [0.717, 1.165) is 21.2 Å². The molecule has 0 radical (unpaired) electrons. The number of imidazole rings is 1. The quantitative estimate of drug-likeness (QED) is 0.701. The first-order chi connectivity index (χ1) is 9.19. The Balaban J connectivity index is 2.31. The zero-order valence-corrected chi connectivity index (χ0v) is 11.4. The lowest BCUT2D eigenvalue weighted by molar-refractivity contribution is 1.08. The Morgan fingerprint density at radius 1 is 1.21 bits per heavy atom. The van der Waals surface area contributed by atoms with Gasteiger partial charge < -0.3 is 5.73 Å². The molecule has 0 atom stereocenters. The van der Waals surface area contributed by atoms with Crippen LogP contribution in [0.25, 0.3) is 16.7 Å². The van der Waals surface area contributed by atoms with Gasteiger partial charge in [0.05, 0.1) is 22.3 Å². The van der Waals surface area contributed by atoms with E-state index in [4.69, 9.17) is 5.73 Å². The predicted molar refractivity (Wildman–Crippen MR) is 77.9 cm³/mol. The number of hydrogen-bond acceptors (Lipinski definition) is 3. The standard InChI is InChI=1S/C14H9BrN4/c15-10-2-1-9(7-16)14(5-10)19-8-18-12-6-11(17)3-4-13(12)19/h1-6,8H,17H2. The Morgan fingerprint density at radius 3 is 2.84 bits per heavy atom. The highest BCUT2D eigenvalue weighted by Crippen LogP contribution is 2.25. The summed E-state index contributed by atoms with van der Waals surface area (Å²) >= 11 is 3.42. The Bertz CT molecular complexity index is 814. The highest BCUT2D eigenvalue weighted by atomic mass is 79.9. The van der Waals surface area contributed by atoms with Crippen molar-refractivity contribution in [2.45, 2.75) is 0 Å². The van der Waals surface area contributed by atoms with E-state index in [1.54, 1.807) is 12.4 Å². The molecular formula is C14H9BrN4. The van der Waals surface area contributed by atoms with E-state index < -0.39 is 0 Å². The minimum atomic E-state index is 0.597. The summed E-state index contributed by atoms with van der Waals surface area (Å²) < 4.78 is 2.80. The van der Waals surface area contributed by atoms with E-state index in [1.165, 1.54) is 0 Å². The second-order valence-electron chi connectivity index (χ2n) is 4.14. The normalized spacial score (nSPS) is 10.5. The third-order valence-electron chi connectivity index (χ3n) is 2.91. The number of fused-ring (bicyclic) bond motifs is 1. The number of nitrogens with two attached hydrogens (primary N) is 1. The number of hydrogen-bond donors (Lipinski definition) is 1. The third-order valence-corrected chi connectivity index (χ3v) is 3.40. The van der Waals surface area contributed by atoms with Crippen molar-refractivity contribution < 1.29 is 0 Å². The molecule has 0 saturated carbocycles. The van der Waals surface area contributed by atoms with Crippen LogP contribution >= 0.6 is 15.9 Å². The number of nitrogen functional groups attached to an aromatic ring is 1. The van der Waals surface area contributed by atoms with Gasteiger partial charge in [-0.2, -0.15) is 5.26 Å². The topological polar surface area (TPSA) is 67.6 Å². The van der Waals surface area contributed by atoms with E-state index >= 15 is 0 Å². The minimum Gasteiger partial charge on any atom is -0.399 e. The van der Waals surface area contributed by atoms with Crippen molar-refractivity contribution in [2.75, 3.05) is 5.73 Å². The predicted octanol–water partition coefficient (Wildman–Crippen LogP) is 3.24. The monoisotopic (exact) mass is 312 g/mol. The van der Waals surface area contributed by atoms with Crippen molar-refractivity contribution in [1.82, 2.24) is 9.55 Å². The molecule has 4 nitrogen and oxygen atoms in total. The van der Waals surface area contributed by atoms with Gasteiger partial charge in [-0.25, -0.2) is 4.98 Å². The number of anilines is 1. The number of rotatable bonds is 1. The van der Waals surface area contributed by atoms with E-state index in [1.807, 2.05) is 34.9 Å². The average molecular weight is 313 g/mol. The lowest BCUT2D eigenvalue weighted by atomic mass is 10.2. The van der Waals surface area contributed by atoms with Crippen molar-refractivity contribution in [3.63, 3.8) is 0 Å². The Morgan fingerprint density at radius 2 is 2.05 bits per heavy atom.